The maximum atomic E-state index is 5.76. The highest BCUT2D eigenvalue weighted by atomic mass is 16.5. The Morgan fingerprint density at radius 1 is 1.19 bits per heavy atom. The first-order chi connectivity index (χ1) is 15.0. The molecule has 0 aliphatic heterocycles. The summed E-state index contributed by atoms with van der Waals surface area (Å²) in [5, 5.41) is 13.9. The number of nitrogens with zero attached hydrogens (tertiary/aromatic N) is 6. The largest absolute Gasteiger partial charge is 0.477 e. The number of nitrogens with one attached hydrogen (secondary N) is 1. The molecule has 1 unspecified atom stereocenters. The number of hydrogen-bond donors (Lipinski definition) is 1. The van der Waals surface area contributed by atoms with Crippen LogP contribution in [0.25, 0.3) is 22.2 Å². The molecule has 162 valence electrons. The maximum absolute atomic E-state index is 5.76. The summed E-state index contributed by atoms with van der Waals surface area (Å²) in [6.07, 6.45) is 4.65. The monoisotopic (exact) mass is 419 g/mol. The second kappa shape index (κ2) is 8.75. The molecule has 4 heterocycles. The van der Waals surface area contributed by atoms with Crippen molar-refractivity contribution in [3.8, 4) is 17.1 Å². The lowest BCUT2D eigenvalue weighted by molar-refractivity contribution is 0.328. The molecule has 0 aromatic carbocycles. The molecule has 0 saturated heterocycles. The molecule has 8 nitrogen and oxygen atoms in total. The zero-order valence-electron chi connectivity index (χ0n) is 18.8. The van der Waals surface area contributed by atoms with Gasteiger partial charge in [0.25, 0.3) is 0 Å². The van der Waals surface area contributed by atoms with Gasteiger partial charge in [0.2, 0.25) is 5.88 Å². The molecular weight excluding hydrogens is 390 g/mol. The molecule has 4 aromatic rings. The van der Waals surface area contributed by atoms with Gasteiger partial charge in [-0.05, 0) is 51.5 Å². The molecule has 0 amide bonds. The highest BCUT2D eigenvalue weighted by molar-refractivity contribution is 5.94. The van der Waals surface area contributed by atoms with Crippen LogP contribution in [0.5, 0.6) is 5.88 Å². The molecule has 0 aliphatic carbocycles. The van der Waals surface area contributed by atoms with E-state index in [-0.39, 0.29) is 6.04 Å². The fourth-order valence-electron chi connectivity index (χ4n) is 3.63. The van der Waals surface area contributed by atoms with Crippen LogP contribution in [0.1, 0.15) is 44.6 Å². The second-order valence-electron chi connectivity index (χ2n) is 7.66. The summed E-state index contributed by atoms with van der Waals surface area (Å²) in [6.45, 7) is 9.46. The molecule has 1 N–H and O–H groups in total. The minimum absolute atomic E-state index is 0.261. The van der Waals surface area contributed by atoms with Gasteiger partial charge in [-0.15, -0.1) is 0 Å². The number of rotatable bonds is 8. The average Bonchev–Trinajstić information content (AvgIpc) is 3.35. The first-order valence-electron chi connectivity index (χ1n) is 10.7. The third kappa shape index (κ3) is 4.10. The fraction of sp³-hybridized carbons (Fsp3) is 0.391. The SMILES string of the molecule is CCOc1ncccc1-c1cc2c(C)nn(C(C)CC)c2c(NCc2ccn(C)n2)n1. The van der Waals surface area contributed by atoms with Gasteiger partial charge >= 0.3 is 0 Å². The van der Waals surface area contributed by atoms with Gasteiger partial charge in [-0.3, -0.25) is 9.36 Å². The van der Waals surface area contributed by atoms with Gasteiger partial charge in [0.05, 0.1) is 35.8 Å². The highest BCUT2D eigenvalue weighted by Crippen LogP contribution is 2.34. The summed E-state index contributed by atoms with van der Waals surface area (Å²) in [6, 6.07) is 8.24. The van der Waals surface area contributed by atoms with Crippen LogP contribution in [0.15, 0.2) is 36.7 Å². The summed E-state index contributed by atoms with van der Waals surface area (Å²) < 4.78 is 9.64. The molecule has 31 heavy (non-hydrogen) atoms. The van der Waals surface area contributed by atoms with Crippen LogP contribution in [-0.4, -0.2) is 36.1 Å². The average molecular weight is 420 g/mol. The number of fused-ring (bicyclic) bond motifs is 1. The van der Waals surface area contributed by atoms with Gasteiger partial charge in [0.15, 0.2) is 5.82 Å². The van der Waals surface area contributed by atoms with Crippen molar-refractivity contribution >= 4 is 16.7 Å². The van der Waals surface area contributed by atoms with E-state index < -0.39 is 0 Å². The van der Waals surface area contributed by atoms with Gasteiger partial charge in [0.1, 0.15) is 5.52 Å². The van der Waals surface area contributed by atoms with Gasteiger partial charge in [-0.1, -0.05) is 6.92 Å². The van der Waals surface area contributed by atoms with E-state index >= 15 is 0 Å². The predicted molar refractivity (Wildman–Crippen MR) is 122 cm³/mol. The number of anilines is 1. The Morgan fingerprint density at radius 3 is 2.74 bits per heavy atom. The zero-order valence-corrected chi connectivity index (χ0v) is 18.8. The van der Waals surface area contributed by atoms with E-state index in [9.17, 15) is 0 Å². The molecule has 0 radical (unpaired) electrons. The van der Waals surface area contributed by atoms with Gasteiger partial charge in [-0.2, -0.15) is 10.2 Å². The summed E-state index contributed by atoms with van der Waals surface area (Å²) in [7, 11) is 1.92. The van der Waals surface area contributed by atoms with Crippen LogP contribution in [0.3, 0.4) is 0 Å². The summed E-state index contributed by atoms with van der Waals surface area (Å²) >= 11 is 0. The minimum Gasteiger partial charge on any atom is -0.477 e. The number of hydrogen-bond acceptors (Lipinski definition) is 6. The Hall–Kier alpha value is -3.42. The first kappa shape index (κ1) is 20.8. The molecular formula is C23H29N7O. The zero-order chi connectivity index (χ0) is 22.0. The number of aryl methyl sites for hydroxylation is 2. The molecule has 8 heteroatoms. The maximum Gasteiger partial charge on any atom is 0.222 e. The standard InChI is InChI=1S/C23H29N7O/c1-6-15(3)30-21-19(16(4)27-30)13-20(18-9-8-11-24-23(18)31-7-2)26-22(21)25-14-17-10-12-29(5)28-17/h8-13,15H,6-7,14H2,1-5H3,(H,25,26). The molecule has 0 bridgehead atoms. The molecule has 0 aliphatic rings. The van der Waals surface area contributed by atoms with Crippen molar-refractivity contribution in [1.82, 2.24) is 29.5 Å². The lowest BCUT2D eigenvalue weighted by Gasteiger charge is -2.15. The van der Waals surface area contributed by atoms with Crippen LogP contribution in [0.2, 0.25) is 0 Å². The van der Waals surface area contributed by atoms with E-state index in [0.717, 1.165) is 45.8 Å². The van der Waals surface area contributed by atoms with E-state index in [0.29, 0.717) is 19.0 Å². The van der Waals surface area contributed by atoms with Crippen LogP contribution in [0.4, 0.5) is 5.82 Å². The van der Waals surface area contributed by atoms with Crippen molar-refractivity contribution in [1.29, 1.82) is 0 Å². The summed E-state index contributed by atoms with van der Waals surface area (Å²) in [5.41, 5.74) is 4.60. The van der Waals surface area contributed by atoms with Crippen molar-refractivity contribution in [2.45, 2.75) is 46.7 Å². The van der Waals surface area contributed by atoms with Crippen LogP contribution in [-0.2, 0) is 13.6 Å². The van der Waals surface area contributed by atoms with Crippen molar-refractivity contribution in [3.63, 3.8) is 0 Å². The van der Waals surface area contributed by atoms with Crippen molar-refractivity contribution in [2.75, 3.05) is 11.9 Å². The van der Waals surface area contributed by atoms with Crippen molar-refractivity contribution < 1.29 is 4.74 Å². The van der Waals surface area contributed by atoms with Gasteiger partial charge in [-0.25, -0.2) is 9.97 Å². The van der Waals surface area contributed by atoms with E-state index in [2.05, 4.69) is 40.0 Å². The van der Waals surface area contributed by atoms with E-state index in [4.69, 9.17) is 14.8 Å². The smallest absolute Gasteiger partial charge is 0.222 e. The summed E-state index contributed by atoms with van der Waals surface area (Å²) in [4.78, 5) is 9.40. The Morgan fingerprint density at radius 2 is 2.03 bits per heavy atom. The van der Waals surface area contributed by atoms with Crippen molar-refractivity contribution in [3.05, 3.63) is 48.0 Å². The Kier molecular flexibility index (Phi) is 5.88. The normalized spacial score (nSPS) is 12.3. The minimum atomic E-state index is 0.261. The predicted octanol–water partition coefficient (Wildman–Crippen LogP) is 4.52. The molecule has 4 aromatic heterocycles. The topological polar surface area (TPSA) is 82.7 Å². The van der Waals surface area contributed by atoms with Gasteiger partial charge in [0, 0.05) is 30.9 Å². The Labute approximate surface area is 182 Å². The molecule has 0 saturated carbocycles. The van der Waals surface area contributed by atoms with Crippen molar-refractivity contribution in [2.24, 2.45) is 7.05 Å². The molecule has 0 spiro atoms. The quantitative estimate of drug-likeness (QED) is 0.452. The Bertz CT molecular complexity index is 1190. The van der Waals surface area contributed by atoms with E-state index in [1.807, 2.05) is 45.3 Å². The second-order valence-corrected chi connectivity index (χ2v) is 7.66. The Balaban J connectivity index is 1.87. The number of ether oxygens (including phenoxy) is 1. The molecule has 0 fully saturated rings. The summed E-state index contributed by atoms with van der Waals surface area (Å²) in [5.74, 6) is 1.37. The lowest BCUT2D eigenvalue weighted by Crippen LogP contribution is -2.10. The van der Waals surface area contributed by atoms with Crippen LogP contribution >= 0.6 is 0 Å². The van der Waals surface area contributed by atoms with E-state index in [1.165, 1.54) is 0 Å². The fourth-order valence-corrected chi connectivity index (χ4v) is 3.63. The number of aromatic nitrogens is 6. The van der Waals surface area contributed by atoms with Crippen LogP contribution in [0, 0.1) is 6.92 Å². The van der Waals surface area contributed by atoms with E-state index in [1.54, 1.807) is 10.9 Å². The third-order valence-corrected chi connectivity index (χ3v) is 5.41. The highest BCUT2D eigenvalue weighted by Gasteiger charge is 2.20. The molecule has 4 rings (SSSR count). The lowest BCUT2D eigenvalue weighted by atomic mass is 10.1. The first-order valence-corrected chi connectivity index (χ1v) is 10.7. The van der Waals surface area contributed by atoms with Gasteiger partial charge < -0.3 is 10.1 Å². The third-order valence-electron chi connectivity index (χ3n) is 5.41. The number of pyridine rings is 2. The van der Waals surface area contributed by atoms with Crippen LogP contribution < -0.4 is 10.1 Å². The molecule has 1 atom stereocenters.